The van der Waals surface area contributed by atoms with Gasteiger partial charge in [0, 0.05) is 38.3 Å². The van der Waals surface area contributed by atoms with E-state index in [1.54, 1.807) is 0 Å². The average Bonchev–Trinajstić information content (AvgIpc) is 3.69. The van der Waals surface area contributed by atoms with Crippen LogP contribution in [0.2, 0.25) is 0 Å². The van der Waals surface area contributed by atoms with Gasteiger partial charge in [-0.05, 0) is 83.4 Å². The van der Waals surface area contributed by atoms with Crippen LogP contribution in [0.5, 0.6) is 0 Å². The molecule has 0 aliphatic carbocycles. The topological polar surface area (TPSA) is 61.8 Å². The highest BCUT2D eigenvalue weighted by molar-refractivity contribution is 6.11. The van der Waals surface area contributed by atoms with Crippen molar-refractivity contribution in [1.29, 1.82) is 10.5 Å². The van der Waals surface area contributed by atoms with Gasteiger partial charge in [-0.1, -0.05) is 84.9 Å². The molecule has 0 atom stereocenters. The third-order valence-electron chi connectivity index (χ3n) is 9.61. The van der Waals surface area contributed by atoms with Gasteiger partial charge in [-0.25, -0.2) is 4.85 Å². The van der Waals surface area contributed by atoms with Gasteiger partial charge in [0.2, 0.25) is 0 Å². The number of fused-ring (bicyclic) bond motifs is 6. The van der Waals surface area contributed by atoms with E-state index in [1.807, 2.05) is 66.7 Å². The van der Waals surface area contributed by atoms with Crippen molar-refractivity contribution in [1.82, 2.24) is 9.13 Å². The lowest BCUT2D eigenvalue weighted by molar-refractivity contribution is 1.18. The lowest BCUT2D eigenvalue weighted by Crippen LogP contribution is -1.99. The molecule has 0 saturated carbocycles. The van der Waals surface area contributed by atoms with Crippen LogP contribution in [0.25, 0.3) is 82.1 Å². The van der Waals surface area contributed by atoms with Gasteiger partial charge in [-0.3, -0.25) is 0 Å². The van der Waals surface area contributed by atoms with E-state index in [2.05, 4.69) is 111 Å². The van der Waals surface area contributed by atoms with Gasteiger partial charge in [-0.2, -0.15) is 10.5 Å². The average molecular weight is 636 g/mol. The van der Waals surface area contributed by atoms with Gasteiger partial charge in [0.15, 0.2) is 5.69 Å². The van der Waals surface area contributed by atoms with Crippen LogP contribution in [0.3, 0.4) is 0 Å². The van der Waals surface area contributed by atoms with Crippen molar-refractivity contribution < 1.29 is 0 Å². The minimum absolute atomic E-state index is 0.537. The molecule has 5 nitrogen and oxygen atoms in total. The Morgan fingerprint density at radius 3 is 1.80 bits per heavy atom. The maximum atomic E-state index is 10.0. The minimum atomic E-state index is 0.537. The Bertz CT molecular complexity index is 2900. The van der Waals surface area contributed by atoms with Crippen LogP contribution in [0.1, 0.15) is 11.1 Å². The second-order valence-corrected chi connectivity index (χ2v) is 12.3. The summed E-state index contributed by atoms with van der Waals surface area (Å²) in [7, 11) is 0. The van der Waals surface area contributed by atoms with E-state index in [9.17, 15) is 10.5 Å². The maximum absolute atomic E-state index is 10.0. The fourth-order valence-corrected chi connectivity index (χ4v) is 7.38. The summed E-state index contributed by atoms with van der Waals surface area (Å²) in [5.74, 6) is 0. The molecule has 50 heavy (non-hydrogen) atoms. The Hall–Kier alpha value is -7.39. The second-order valence-electron chi connectivity index (χ2n) is 12.3. The van der Waals surface area contributed by atoms with Crippen LogP contribution in [0, 0.1) is 29.2 Å². The molecule has 0 spiro atoms. The first-order valence-electron chi connectivity index (χ1n) is 16.3. The Labute approximate surface area is 288 Å². The maximum Gasteiger partial charge on any atom is 0.189 e. The lowest BCUT2D eigenvalue weighted by Gasteiger charge is -2.18. The molecule has 0 saturated heterocycles. The van der Waals surface area contributed by atoms with Crippen LogP contribution in [0.4, 0.5) is 5.69 Å². The van der Waals surface area contributed by atoms with E-state index in [1.165, 1.54) is 10.8 Å². The first kappa shape index (κ1) is 28.8. The number of hydrogen-bond acceptors (Lipinski definition) is 2. The fourth-order valence-electron chi connectivity index (χ4n) is 7.38. The summed E-state index contributed by atoms with van der Waals surface area (Å²) in [6.07, 6.45) is 0. The van der Waals surface area contributed by atoms with Gasteiger partial charge in [0.1, 0.15) is 0 Å². The second kappa shape index (κ2) is 11.4. The van der Waals surface area contributed by atoms with Crippen molar-refractivity contribution in [3.05, 3.63) is 174 Å². The third-order valence-corrected chi connectivity index (χ3v) is 9.61. The quantitative estimate of drug-likeness (QED) is 0.181. The lowest BCUT2D eigenvalue weighted by atomic mass is 9.91. The monoisotopic (exact) mass is 635 g/mol. The summed E-state index contributed by atoms with van der Waals surface area (Å²) in [5, 5.41) is 24.1. The van der Waals surface area contributed by atoms with E-state index < -0.39 is 0 Å². The molecular formula is C45H25N5. The molecule has 0 amide bonds. The molecule has 0 fully saturated rings. The summed E-state index contributed by atoms with van der Waals surface area (Å²) in [4.78, 5) is 3.72. The van der Waals surface area contributed by atoms with Gasteiger partial charge < -0.3 is 9.13 Å². The van der Waals surface area contributed by atoms with Crippen molar-refractivity contribution >= 4 is 49.3 Å². The van der Waals surface area contributed by atoms with Crippen LogP contribution in [0.15, 0.2) is 152 Å². The molecule has 2 heterocycles. The summed E-state index contributed by atoms with van der Waals surface area (Å²) >= 11 is 0. The number of rotatable bonds is 4. The fraction of sp³-hybridized carbons (Fsp3) is 0. The Balaban J connectivity index is 1.25. The Morgan fingerprint density at radius 2 is 1.08 bits per heavy atom. The molecule has 5 heteroatoms. The molecule has 230 valence electrons. The number of para-hydroxylation sites is 3. The van der Waals surface area contributed by atoms with E-state index in [4.69, 9.17) is 6.57 Å². The van der Waals surface area contributed by atoms with E-state index in [-0.39, 0.29) is 0 Å². The largest absolute Gasteiger partial charge is 0.310 e. The number of benzene rings is 7. The SMILES string of the molecule is [C-]#[N+]c1ccc2c3cc(C#N)ccc3n(-c3ccccc3-c3cc(C#N)ccc3-c3ccc(-n4c5ccccc5c5ccccc54)cc3)c2c1. The zero-order valence-electron chi connectivity index (χ0n) is 26.7. The molecule has 0 aliphatic heterocycles. The molecule has 2 aromatic heterocycles. The van der Waals surface area contributed by atoms with Crippen molar-refractivity contribution in [2.45, 2.75) is 0 Å². The van der Waals surface area contributed by atoms with Gasteiger partial charge in [0.25, 0.3) is 0 Å². The first-order valence-corrected chi connectivity index (χ1v) is 16.3. The van der Waals surface area contributed by atoms with Crippen molar-refractivity contribution in [2.75, 3.05) is 0 Å². The molecule has 0 radical (unpaired) electrons. The van der Waals surface area contributed by atoms with Crippen LogP contribution < -0.4 is 0 Å². The molecule has 0 unspecified atom stereocenters. The highest BCUT2D eigenvalue weighted by Gasteiger charge is 2.19. The van der Waals surface area contributed by atoms with Crippen molar-refractivity contribution in [3.8, 4) is 45.8 Å². The zero-order valence-corrected chi connectivity index (χ0v) is 26.7. The summed E-state index contributed by atoms with van der Waals surface area (Å²) in [6.45, 7) is 7.72. The van der Waals surface area contributed by atoms with Gasteiger partial charge in [-0.15, -0.1) is 0 Å². The molecule has 0 aliphatic rings. The van der Waals surface area contributed by atoms with Crippen LogP contribution in [-0.2, 0) is 0 Å². The van der Waals surface area contributed by atoms with Crippen molar-refractivity contribution in [3.63, 3.8) is 0 Å². The normalized spacial score (nSPS) is 11.1. The molecule has 0 bridgehead atoms. The standard InChI is InChI=1S/C45H25N5/c1-48-32-18-22-38-40-25-30(28-47)15-23-44(40)50(45(38)26-32)43-13-7-4-10-37(43)39-24-29(27-46)14-21-34(39)31-16-19-33(20-17-31)49-41-11-5-2-8-35(41)36-9-3-6-12-42(36)49/h2-26H. The number of aromatic nitrogens is 2. The van der Waals surface area contributed by atoms with Gasteiger partial charge >= 0.3 is 0 Å². The van der Waals surface area contributed by atoms with E-state index in [0.717, 1.165) is 66.5 Å². The predicted octanol–water partition coefficient (Wildman–Crippen LogP) is 11.5. The molecular weight excluding hydrogens is 611 g/mol. The molecule has 9 rings (SSSR count). The Kier molecular flexibility index (Phi) is 6.56. The first-order chi connectivity index (χ1) is 24.7. The summed E-state index contributed by atoms with van der Waals surface area (Å²) in [5.41, 5.74) is 11.7. The van der Waals surface area contributed by atoms with Crippen molar-refractivity contribution in [2.24, 2.45) is 0 Å². The molecule has 7 aromatic carbocycles. The number of hydrogen-bond donors (Lipinski definition) is 0. The Morgan fingerprint density at radius 1 is 0.460 bits per heavy atom. The smallest absolute Gasteiger partial charge is 0.189 e. The molecule has 9 aromatic rings. The zero-order chi connectivity index (χ0) is 33.8. The van der Waals surface area contributed by atoms with E-state index in [0.29, 0.717) is 16.8 Å². The van der Waals surface area contributed by atoms with Crippen LogP contribution in [-0.4, -0.2) is 9.13 Å². The number of nitriles is 2. The highest BCUT2D eigenvalue weighted by atomic mass is 15.0. The predicted molar refractivity (Wildman–Crippen MR) is 202 cm³/mol. The van der Waals surface area contributed by atoms with Gasteiger partial charge in [0.05, 0.1) is 52.1 Å². The minimum Gasteiger partial charge on any atom is -0.310 e. The third kappa shape index (κ3) is 4.38. The van der Waals surface area contributed by atoms with Crippen LogP contribution >= 0.6 is 0 Å². The molecule has 0 N–H and O–H groups in total. The summed E-state index contributed by atoms with van der Waals surface area (Å²) < 4.78 is 4.48. The van der Waals surface area contributed by atoms with E-state index >= 15 is 0 Å². The highest BCUT2D eigenvalue weighted by Crippen LogP contribution is 2.41. The summed E-state index contributed by atoms with van der Waals surface area (Å²) in [6, 6.07) is 55.7. The number of nitrogens with zero attached hydrogens (tertiary/aromatic N) is 5.